The Balaban J connectivity index is 1.36. The Morgan fingerprint density at radius 3 is 2.39 bits per heavy atom. The molecule has 5 rings (SSSR count). The maximum atomic E-state index is 13.9. The first-order chi connectivity index (χ1) is 22.4. The molecule has 1 unspecified atom stereocenters. The van der Waals surface area contributed by atoms with E-state index in [0.717, 1.165) is 22.5 Å². The van der Waals surface area contributed by atoms with Gasteiger partial charge in [0, 0.05) is 18.2 Å². The highest BCUT2D eigenvalue weighted by molar-refractivity contribution is 8.00. The van der Waals surface area contributed by atoms with E-state index in [1.807, 2.05) is 60.7 Å². The molecular weight excluding hydrogens is 654 g/mol. The van der Waals surface area contributed by atoms with Crippen molar-refractivity contribution >= 4 is 69.2 Å². The number of ether oxygens (including phenoxy) is 2. The number of hydrogen-bond acceptors (Lipinski definition) is 11. The summed E-state index contributed by atoms with van der Waals surface area (Å²) in [6.45, 7) is 1.99. The van der Waals surface area contributed by atoms with Crippen molar-refractivity contribution in [3.63, 3.8) is 0 Å². The van der Waals surface area contributed by atoms with Crippen LogP contribution >= 0.6 is 34.7 Å². The minimum Gasteiger partial charge on any atom is -0.448 e. The standard InChI is InChI=1S/C31H30ClN5O7S2/c1-3-43-36-23(21-17-46-31(33-21)34-22(38)14-32)27(39)35-24-28(40)37-25(20(15-42-2)16-45-29(24)37)30(41)44-26(18-10-6-4-7-11-18)19-12-8-5-9-13-19/h4-13,17,24,26,29H,3,14-16H2,1-2H3,(H,35,39)(H,33,34,38)/t24?,29-/m1/s1. The second-order valence-electron chi connectivity index (χ2n) is 9.93. The second kappa shape index (κ2) is 15.4. The molecule has 1 saturated heterocycles. The lowest BCUT2D eigenvalue weighted by atomic mass is 10.0. The number of methoxy groups -OCH3 is 1. The van der Waals surface area contributed by atoms with Crippen LogP contribution in [0.2, 0.25) is 0 Å². The number of nitrogens with one attached hydrogen (secondary N) is 2. The Labute approximate surface area is 278 Å². The number of rotatable bonds is 13. The van der Waals surface area contributed by atoms with Crippen LogP contribution in [0.3, 0.4) is 0 Å². The van der Waals surface area contributed by atoms with Crippen molar-refractivity contribution in [2.45, 2.75) is 24.4 Å². The van der Waals surface area contributed by atoms with Crippen LogP contribution in [0.5, 0.6) is 0 Å². The molecule has 3 heterocycles. The van der Waals surface area contributed by atoms with Crippen molar-refractivity contribution in [3.05, 3.63) is 94.1 Å². The van der Waals surface area contributed by atoms with Crippen LogP contribution < -0.4 is 10.6 Å². The van der Waals surface area contributed by atoms with Gasteiger partial charge in [-0.3, -0.25) is 19.3 Å². The van der Waals surface area contributed by atoms with Crippen LogP contribution in [-0.2, 0) is 33.5 Å². The van der Waals surface area contributed by atoms with Crippen LogP contribution in [0, 0.1) is 0 Å². The molecule has 3 amide bonds. The van der Waals surface area contributed by atoms with Crippen molar-refractivity contribution in [2.24, 2.45) is 5.16 Å². The van der Waals surface area contributed by atoms with Crippen molar-refractivity contribution in [2.75, 3.05) is 37.3 Å². The molecule has 0 radical (unpaired) electrons. The number of esters is 1. The molecule has 1 fully saturated rings. The van der Waals surface area contributed by atoms with E-state index < -0.39 is 41.2 Å². The van der Waals surface area contributed by atoms with Crippen LogP contribution in [0.1, 0.15) is 29.8 Å². The number of nitrogens with zero attached hydrogens (tertiary/aromatic N) is 3. The van der Waals surface area contributed by atoms with Gasteiger partial charge >= 0.3 is 5.97 Å². The second-order valence-corrected chi connectivity index (χ2v) is 12.2. The third-order valence-electron chi connectivity index (χ3n) is 6.89. The molecule has 2 aliphatic rings. The summed E-state index contributed by atoms with van der Waals surface area (Å²) in [6.07, 6.45) is -0.722. The fourth-order valence-electron chi connectivity index (χ4n) is 4.84. The van der Waals surface area contributed by atoms with Gasteiger partial charge in [0.2, 0.25) is 5.91 Å². The van der Waals surface area contributed by atoms with Gasteiger partial charge < -0.3 is 24.9 Å². The molecule has 0 aliphatic carbocycles. The largest absolute Gasteiger partial charge is 0.448 e. The Hall–Kier alpha value is -4.24. The number of aromatic nitrogens is 1. The molecule has 46 heavy (non-hydrogen) atoms. The third kappa shape index (κ3) is 7.25. The molecule has 2 aliphatic heterocycles. The minimum absolute atomic E-state index is 0.0975. The topological polar surface area (TPSA) is 149 Å². The number of fused-ring (bicyclic) bond motifs is 1. The van der Waals surface area contributed by atoms with Crippen LogP contribution in [0.25, 0.3) is 0 Å². The highest BCUT2D eigenvalue weighted by atomic mass is 35.5. The van der Waals surface area contributed by atoms with Gasteiger partial charge in [0.25, 0.3) is 11.8 Å². The number of thiazole rings is 1. The lowest BCUT2D eigenvalue weighted by molar-refractivity contribution is -0.154. The Morgan fingerprint density at radius 1 is 1.11 bits per heavy atom. The van der Waals surface area contributed by atoms with Crippen molar-refractivity contribution in [3.8, 4) is 0 Å². The van der Waals surface area contributed by atoms with Gasteiger partial charge in [0.15, 0.2) is 16.9 Å². The summed E-state index contributed by atoms with van der Waals surface area (Å²) in [5.74, 6) is -2.23. The van der Waals surface area contributed by atoms with Gasteiger partial charge in [-0.25, -0.2) is 9.78 Å². The lowest BCUT2D eigenvalue weighted by Gasteiger charge is -2.49. The summed E-state index contributed by atoms with van der Waals surface area (Å²) in [6, 6.07) is 17.7. The average molecular weight is 684 g/mol. The molecule has 2 N–H and O–H groups in total. The molecule has 15 heteroatoms. The molecule has 0 saturated carbocycles. The highest BCUT2D eigenvalue weighted by Crippen LogP contribution is 2.41. The van der Waals surface area contributed by atoms with E-state index in [-0.39, 0.29) is 41.3 Å². The van der Waals surface area contributed by atoms with Gasteiger partial charge in [0.05, 0.1) is 6.61 Å². The summed E-state index contributed by atoms with van der Waals surface area (Å²) in [5, 5.41) is 10.3. The van der Waals surface area contributed by atoms with Crippen LogP contribution in [-0.4, -0.2) is 82.7 Å². The van der Waals surface area contributed by atoms with E-state index in [9.17, 15) is 19.2 Å². The summed E-state index contributed by atoms with van der Waals surface area (Å²) in [7, 11) is 1.51. The quantitative estimate of drug-likeness (QED) is 0.0905. The SMILES string of the molecule is CCON=C(C(=O)NC1C(=O)N2C(C(=O)OC(c3ccccc3)c3ccccc3)=C(COC)CS[C@H]12)c1csc(NC(=O)CCl)n1. The molecule has 2 aromatic carbocycles. The molecule has 0 spiro atoms. The Kier molecular flexibility index (Phi) is 11.1. The normalized spacial score (nSPS) is 17.7. The first-order valence-electron chi connectivity index (χ1n) is 14.1. The summed E-state index contributed by atoms with van der Waals surface area (Å²) < 4.78 is 11.5. The monoisotopic (exact) mass is 683 g/mol. The maximum absolute atomic E-state index is 13.9. The highest BCUT2D eigenvalue weighted by Gasteiger charge is 2.55. The van der Waals surface area contributed by atoms with Crippen molar-refractivity contribution < 1.29 is 33.5 Å². The van der Waals surface area contributed by atoms with E-state index in [1.165, 1.54) is 29.2 Å². The fraction of sp³-hybridized carbons (Fsp3) is 0.290. The Bertz CT molecular complexity index is 1610. The van der Waals surface area contributed by atoms with Gasteiger partial charge in [0.1, 0.15) is 35.3 Å². The number of carbonyl (C=O) groups is 4. The number of amides is 3. The third-order valence-corrected chi connectivity index (χ3v) is 9.23. The first-order valence-corrected chi connectivity index (χ1v) is 16.6. The number of benzene rings is 2. The molecule has 0 bridgehead atoms. The number of oxime groups is 1. The predicted octanol–water partition coefficient (Wildman–Crippen LogP) is 3.69. The van der Waals surface area contributed by atoms with E-state index >= 15 is 0 Å². The molecule has 2 atom stereocenters. The number of thioether (sulfide) groups is 1. The van der Waals surface area contributed by atoms with E-state index in [1.54, 1.807) is 6.92 Å². The van der Waals surface area contributed by atoms with E-state index in [2.05, 4.69) is 20.8 Å². The van der Waals surface area contributed by atoms with E-state index in [4.69, 9.17) is 25.9 Å². The van der Waals surface area contributed by atoms with Gasteiger partial charge in [-0.1, -0.05) is 65.8 Å². The molecular formula is C31H30ClN5O7S2. The molecule has 3 aromatic rings. The number of β-lactam (4-membered cyclic amide) rings is 1. The number of anilines is 1. The molecule has 240 valence electrons. The zero-order valence-electron chi connectivity index (χ0n) is 24.8. The van der Waals surface area contributed by atoms with E-state index in [0.29, 0.717) is 11.3 Å². The average Bonchev–Trinajstić information content (AvgIpc) is 3.54. The van der Waals surface area contributed by atoms with Crippen LogP contribution in [0.15, 0.2) is 82.5 Å². The zero-order valence-corrected chi connectivity index (χ0v) is 27.2. The van der Waals surface area contributed by atoms with Crippen molar-refractivity contribution in [1.29, 1.82) is 0 Å². The number of alkyl halides is 1. The Morgan fingerprint density at radius 2 is 1.78 bits per heavy atom. The van der Waals surface area contributed by atoms with Crippen LogP contribution in [0.4, 0.5) is 5.13 Å². The summed E-state index contributed by atoms with van der Waals surface area (Å²) in [4.78, 5) is 63.4. The molecule has 1 aromatic heterocycles. The fourth-order valence-corrected chi connectivity index (χ4v) is 6.95. The van der Waals surface area contributed by atoms with Gasteiger partial charge in [-0.05, 0) is 23.6 Å². The summed E-state index contributed by atoms with van der Waals surface area (Å²) in [5.41, 5.74) is 2.19. The first kappa shape index (κ1) is 33.1. The van der Waals surface area contributed by atoms with Gasteiger partial charge in [-0.2, -0.15) is 0 Å². The molecule has 12 nitrogen and oxygen atoms in total. The summed E-state index contributed by atoms with van der Waals surface area (Å²) >= 11 is 8.02. The maximum Gasteiger partial charge on any atom is 0.356 e. The zero-order chi connectivity index (χ0) is 32.6. The smallest absolute Gasteiger partial charge is 0.356 e. The predicted molar refractivity (Wildman–Crippen MR) is 174 cm³/mol. The number of halogens is 1. The number of hydrogen-bond donors (Lipinski definition) is 2. The minimum atomic E-state index is -0.968. The lowest BCUT2D eigenvalue weighted by Crippen LogP contribution is -2.71. The van der Waals surface area contributed by atoms with Crippen molar-refractivity contribution in [1.82, 2.24) is 15.2 Å². The number of carbonyl (C=O) groups excluding carboxylic acids is 4. The van der Waals surface area contributed by atoms with Gasteiger partial charge in [-0.15, -0.1) is 34.7 Å².